The average molecular weight is 216 g/mol. The van der Waals surface area contributed by atoms with Gasteiger partial charge in [-0.25, -0.2) is 0 Å². The number of hydrogen-bond donors (Lipinski definition) is 4. The number of amides is 3. The van der Waals surface area contributed by atoms with Gasteiger partial charge < -0.3 is 21.7 Å². The highest BCUT2D eigenvalue weighted by molar-refractivity contribution is 6.35. The molecule has 0 aromatic heterocycles. The zero-order valence-electron chi connectivity index (χ0n) is 8.63. The molecule has 0 aliphatic rings. The summed E-state index contributed by atoms with van der Waals surface area (Å²) in [7, 11) is 0. The summed E-state index contributed by atoms with van der Waals surface area (Å²) < 4.78 is 0. The van der Waals surface area contributed by atoms with Crippen molar-refractivity contribution in [2.75, 3.05) is 26.2 Å². The Kier molecular flexibility index (Phi) is 6.90. The number of rotatable bonds is 5. The Balaban J connectivity index is 3.73. The van der Waals surface area contributed by atoms with Gasteiger partial charge in [-0.2, -0.15) is 0 Å². The van der Waals surface area contributed by atoms with E-state index in [9.17, 15) is 14.4 Å². The molecule has 0 aliphatic heterocycles. The molecule has 0 bridgehead atoms. The van der Waals surface area contributed by atoms with Gasteiger partial charge >= 0.3 is 11.8 Å². The van der Waals surface area contributed by atoms with Crippen LogP contribution in [0.25, 0.3) is 0 Å². The lowest BCUT2D eigenvalue weighted by molar-refractivity contribution is -0.139. The Labute approximate surface area is 87.8 Å². The average Bonchev–Trinajstić information content (AvgIpc) is 2.22. The van der Waals surface area contributed by atoms with Crippen molar-refractivity contribution in [1.82, 2.24) is 16.0 Å². The van der Waals surface area contributed by atoms with Gasteiger partial charge in [-0.3, -0.25) is 14.4 Å². The quantitative estimate of drug-likeness (QED) is 0.375. The maximum atomic E-state index is 11.0. The fourth-order valence-electron chi connectivity index (χ4n) is 0.766. The van der Waals surface area contributed by atoms with Gasteiger partial charge in [0.25, 0.3) is 0 Å². The number of carbonyl (C=O) groups excluding carboxylic acids is 3. The van der Waals surface area contributed by atoms with Gasteiger partial charge in [-0.1, -0.05) is 0 Å². The van der Waals surface area contributed by atoms with Crippen LogP contribution in [0.1, 0.15) is 6.92 Å². The van der Waals surface area contributed by atoms with Crippen LogP contribution in [0.4, 0.5) is 0 Å². The molecule has 5 N–H and O–H groups in total. The van der Waals surface area contributed by atoms with Crippen molar-refractivity contribution in [2.24, 2.45) is 5.73 Å². The number of hydrogen-bond acceptors (Lipinski definition) is 4. The van der Waals surface area contributed by atoms with E-state index in [1.807, 2.05) is 0 Å². The van der Waals surface area contributed by atoms with E-state index in [2.05, 4.69) is 16.0 Å². The molecule has 0 atom stereocenters. The molecule has 0 rings (SSSR count). The Bertz CT molecular complexity index is 242. The predicted octanol–water partition coefficient (Wildman–Crippen LogP) is -2.69. The third-order valence-electron chi connectivity index (χ3n) is 1.42. The molecule has 15 heavy (non-hydrogen) atoms. The smallest absolute Gasteiger partial charge is 0.309 e. The minimum Gasteiger partial charge on any atom is -0.355 e. The summed E-state index contributed by atoms with van der Waals surface area (Å²) in [5.74, 6) is -1.96. The van der Waals surface area contributed by atoms with Gasteiger partial charge in [0.2, 0.25) is 5.91 Å². The van der Waals surface area contributed by atoms with Crippen LogP contribution in [0.3, 0.4) is 0 Å². The van der Waals surface area contributed by atoms with Gasteiger partial charge in [0.15, 0.2) is 0 Å². The van der Waals surface area contributed by atoms with Crippen LogP contribution in [-0.4, -0.2) is 43.9 Å². The van der Waals surface area contributed by atoms with Crippen LogP contribution in [0.5, 0.6) is 0 Å². The molecule has 0 fully saturated rings. The van der Waals surface area contributed by atoms with Crippen molar-refractivity contribution >= 4 is 17.7 Å². The van der Waals surface area contributed by atoms with E-state index in [1.165, 1.54) is 0 Å². The van der Waals surface area contributed by atoms with Crippen LogP contribution in [0.2, 0.25) is 0 Å². The zero-order chi connectivity index (χ0) is 11.7. The molecule has 0 aliphatic carbocycles. The first kappa shape index (κ1) is 13.4. The largest absolute Gasteiger partial charge is 0.355 e. The molecule has 0 spiro atoms. The molecule has 0 unspecified atom stereocenters. The van der Waals surface area contributed by atoms with Gasteiger partial charge in [0.1, 0.15) is 0 Å². The van der Waals surface area contributed by atoms with E-state index in [0.29, 0.717) is 6.54 Å². The van der Waals surface area contributed by atoms with Crippen LogP contribution < -0.4 is 21.7 Å². The second-order valence-electron chi connectivity index (χ2n) is 2.68. The van der Waals surface area contributed by atoms with Gasteiger partial charge in [0, 0.05) is 19.6 Å². The predicted molar refractivity (Wildman–Crippen MR) is 53.8 cm³/mol. The third-order valence-corrected chi connectivity index (χ3v) is 1.42. The molecule has 7 nitrogen and oxygen atoms in total. The Hall–Kier alpha value is -1.63. The Morgan fingerprint density at radius 1 is 1.07 bits per heavy atom. The van der Waals surface area contributed by atoms with E-state index < -0.39 is 11.8 Å². The normalized spacial score (nSPS) is 9.20. The minimum absolute atomic E-state index is 0.206. The molecule has 0 aromatic carbocycles. The Morgan fingerprint density at radius 3 is 2.20 bits per heavy atom. The summed E-state index contributed by atoms with van der Waals surface area (Å²) in [5, 5.41) is 6.93. The lowest BCUT2D eigenvalue weighted by atomic mass is 10.4. The number of nitrogens with two attached hydrogens (primary N) is 1. The summed E-state index contributed by atoms with van der Waals surface area (Å²) in [6.07, 6.45) is 0. The van der Waals surface area contributed by atoms with Crippen molar-refractivity contribution in [2.45, 2.75) is 6.92 Å². The van der Waals surface area contributed by atoms with Crippen LogP contribution in [0, 0.1) is 0 Å². The molecule has 0 heterocycles. The lowest BCUT2D eigenvalue weighted by Gasteiger charge is -2.05. The molecule has 7 heteroatoms. The highest BCUT2D eigenvalue weighted by atomic mass is 16.2. The highest BCUT2D eigenvalue weighted by Crippen LogP contribution is 1.69. The Morgan fingerprint density at radius 2 is 1.67 bits per heavy atom. The summed E-state index contributed by atoms with van der Waals surface area (Å²) in [4.78, 5) is 32.9. The second-order valence-corrected chi connectivity index (χ2v) is 2.68. The molecular weight excluding hydrogens is 200 g/mol. The molecule has 0 saturated carbocycles. The summed E-state index contributed by atoms with van der Waals surface area (Å²) in [6.45, 7) is 2.52. The standard InChI is InChI=1S/C8H16N4O3/c1-2-10-6(13)5-12-8(15)7(14)11-4-3-9/h2-5,9H2,1H3,(H,10,13)(H,11,14)(H,12,15). The van der Waals surface area contributed by atoms with Crippen LogP contribution in [-0.2, 0) is 14.4 Å². The fourth-order valence-corrected chi connectivity index (χ4v) is 0.766. The maximum absolute atomic E-state index is 11.0. The first-order valence-corrected chi connectivity index (χ1v) is 4.64. The number of nitrogens with one attached hydrogen (secondary N) is 3. The maximum Gasteiger partial charge on any atom is 0.309 e. The summed E-state index contributed by atoms with van der Waals surface area (Å²) in [5.41, 5.74) is 5.13. The monoisotopic (exact) mass is 216 g/mol. The van der Waals surface area contributed by atoms with E-state index >= 15 is 0 Å². The van der Waals surface area contributed by atoms with Crippen molar-refractivity contribution in [1.29, 1.82) is 0 Å². The first-order valence-electron chi connectivity index (χ1n) is 4.64. The number of likely N-dealkylation sites (N-methyl/N-ethyl adjacent to an activating group) is 1. The zero-order valence-corrected chi connectivity index (χ0v) is 8.63. The van der Waals surface area contributed by atoms with Crippen molar-refractivity contribution in [3.05, 3.63) is 0 Å². The first-order chi connectivity index (χ1) is 7.11. The third kappa shape index (κ3) is 6.44. The molecule has 86 valence electrons. The molecule has 0 radical (unpaired) electrons. The van der Waals surface area contributed by atoms with Crippen molar-refractivity contribution in [3.63, 3.8) is 0 Å². The number of carbonyl (C=O) groups is 3. The van der Waals surface area contributed by atoms with E-state index in [4.69, 9.17) is 5.73 Å². The second kappa shape index (κ2) is 7.74. The lowest BCUT2D eigenvalue weighted by Crippen LogP contribution is -2.45. The topological polar surface area (TPSA) is 113 Å². The van der Waals surface area contributed by atoms with E-state index in [-0.39, 0.29) is 25.5 Å². The van der Waals surface area contributed by atoms with Gasteiger partial charge in [-0.15, -0.1) is 0 Å². The minimum atomic E-state index is -0.838. The molecular formula is C8H16N4O3. The van der Waals surface area contributed by atoms with Gasteiger partial charge in [0.05, 0.1) is 6.54 Å². The van der Waals surface area contributed by atoms with E-state index in [1.54, 1.807) is 6.92 Å². The van der Waals surface area contributed by atoms with Crippen LogP contribution in [0.15, 0.2) is 0 Å². The van der Waals surface area contributed by atoms with E-state index in [0.717, 1.165) is 0 Å². The van der Waals surface area contributed by atoms with Gasteiger partial charge in [-0.05, 0) is 6.92 Å². The molecule has 0 aromatic rings. The van der Waals surface area contributed by atoms with Crippen molar-refractivity contribution < 1.29 is 14.4 Å². The fraction of sp³-hybridized carbons (Fsp3) is 0.625. The van der Waals surface area contributed by atoms with Crippen LogP contribution >= 0.6 is 0 Å². The summed E-state index contributed by atoms with van der Waals surface area (Å²) in [6, 6.07) is 0. The SMILES string of the molecule is CCNC(=O)CNC(=O)C(=O)NCCN. The molecule has 3 amide bonds. The molecule has 0 saturated heterocycles. The van der Waals surface area contributed by atoms with Crippen molar-refractivity contribution in [3.8, 4) is 0 Å². The summed E-state index contributed by atoms with van der Waals surface area (Å²) >= 11 is 0. The highest BCUT2D eigenvalue weighted by Gasteiger charge is 2.12.